The molecule has 0 aliphatic rings. The van der Waals surface area contributed by atoms with Crippen LogP contribution in [0.5, 0.6) is 0 Å². The molecule has 0 radical (unpaired) electrons. The lowest BCUT2D eigenvalue weighted by molar-refractivity contribution is -0.139. The summed E-state index contributed by atoms with van der Waals surface area (Å²) < 4.78 is 9.50. The fraction of sp³-hybridized carbons (Fsp3) is 0.389. The van der Waals surface area contributed by atoms with Crippen molar-refractivity contribution in [2.45, 2.75) is 32.4 Å². The molecule has 0 bridgehead atoms. The summed E-state index contributed by atoms with van der Waals surface area (Å²) in [6, 6.07) is 8.23. The number of hydrogen-bond acceptors (Lipinski definition) is 5. The smallest absolute Gasteiger partial charge is 0.331 e. The highest BCUT2D eigenvalue weighted by Crippen LogP contribution is 2.13. The zero-order chi connectivity index (χ0) is 18.9. The predicted molar refractivity (Wildman–Crippen MR) is 92.7 cm³/mol. The van der Waals surface area contributed by atoms with Crippen LogP contribution in [0.25, 0.3) is 0 Å². The highest BCUT2D eigenvalue weighted by molar-refractivity contribution is 5.91. The van der Waals surface area contributed by atoms with Gasteiger partial charge in [0.25, 0.3) is 0 Å². The van der Waals surface area contributed by atoms with E-state index >= 15 is 0 Å². The van der Waals surface area contributed by atoms with E-state index in [2.05, 4.69) is 15.4 Å². The fourth-order valence-electron chi connectivity index (χ4n) is 1.86. The van der Waals surface area contributed by atoms with Gasteiger partial charge in [0, 0.05) is 17.7 Å². The molecule has 1 rings (SSSR count). The topological polar surface area (TPSA) is 93.7 Å². The first-order valence-electron chi connectivity index (χ1n) is 7.77. The minimum absolute atomic E-state index is 0.0775. The van der Waals surface area contributed by atoms with Crippen LogP contribution in [0.4, 0.5) is 4.79 Å². The molecule has 0 aliphatic carbocycles. The molecule has 1 atom stereocenters. The highest BCUT2D eigenvalue weighted by Gasteiger charge is 2.19. The molecule has 1 aromatic rings. The highest BCUT2D eigenvalue weighted by atomic mass is 16.5. The van der Waals surface area contributed by atoms with E-state index in [1.165, 1.54) is 7.11 Å². The van der Waals surface area contributed by atoms with E-state index in [0.29, 0.717) is 0 Å². The fourth-order valence-corrected chi connectivity index (χ4v) is 1.86. The first-order valence-corrected chi connectivity index (χ1v) is 7.77. The molecular formula is C18H24N2O5. The molecule has 0 aromatic heterocycles. The van der Waals surface area contributed by atoms with Crippen molar-refractivity contribution in [1.29, 1.82) is 0 Å². The summed E-state index contributed by atoms with van der Waals surface area (Å²) >= 11 is 0. The van der Waals surface area contributed by atoms with Crippen LogP contribution in [0.1, 0.15) is 32.4 Å². The van der Waals surface area contributed by atoms with Crippen molar-refractivity contribution < 1.29 is 23.9 Å². The van der Waals surface area contributed by atoms with Gasteiger partial charge in [-0.2, -0.15) is 0 Å². The van der Waals surface area contributed by atoms with Crippen LogP contribution in [0, 0.1) is 0 Å². The van der Waals surface area contributed by atoms with Crippen molar-refractivity contribution in [3.05, 3.63) is 48.0 Å². The Bertz CT molecular complexity index is 620. The number of benzene rings is 1. The van der Waals surface area contributed by atoms with Crippen molar-refractivity contribution in [3.8, 4) is 0 Å². The van der Waals surface area contributed by atoms with Gasteiger partial charge < -0.3 is 20.1 Å². The predicted octanol–water partition coefficient (Wildman–Crippen LogP) is 2.10. The minimum Gasteiger partial charge on any atom is -0.466 e. The number of hydrogen-bond donors (Lipinski definition) is 2. The summed E-state index contributed by atoms with van der Waals surface area (Å²) in [7, 11) is 1.21. The van der Waals surface area contributed by atoms with Gasteiger partial charge in [-0.3, -0.25) is 0 Å². The van der Waals surface area contributed by atoms with Gasteiger partial charge in [-0.25, -0.2) is 14.4 Å². The van der Waals surface area contributed by atoms with E-state index in [9.17, 15) is 14.4 Å². The molecule has 1 aromatic carbocycles. The van der Waals surface area contributed by atoms with Gasteiger partial charge in [-0.15, -0.1) is 0 Å². The Balaban J connectivity index is 2.73. The van der Waals surface area contributed by atoms with Gasteiger partial charge in [0.15, 0.2) is 0 Å². The number of ether oxygens (including phenoxy) is 2. The van der Waals surface area contributed by atoms with E-state index in [-0.39, 0.29) is 12.6 Å². The van der Waals surface area contributed by atoms with Gasteiger partial charge in [-0.05, 0) is 26.3 Å². The summed E-state index contributed by atoms with van der Waals surface area (Å²) in [6.45, 7) is 5.51. The number of methoxy groups -OCH3 is 1. The Hall–Kier alpha value is -2.83. The molecule has 0 aliphatic heterocycles. The third kappa shape index (κ3) is 8.55. The Morgan fingerprint density at radius 2 is 1.68 bits per heavy atom. The normalized spacial score (nSPS) is 12.3. The summed E-state index contributed by atoms with van der Waals surface area (Å²) in [4.78, 5) is 34.7. The quantitative estimate of drug-likeness (QED) is 0.606. The zero-order valence-corrected chi connectivity index (χ0v) is 14.9. The first kappa shape index (κ1) is 20.2. The van der Waals surface area contributed by atoms with Crippen LogP contribution in [-0.2, 0) is 19.1 Å². The van der Waals surface area contributed by atoms with Gasteiger partial charge >= 0.3 is 18.0 Å². The number of rotatable bonds is 6. The molecule has 2 N–H and O–H groups in total. The SMILES string of the molecule is COC(=O)/C=C/C(=O)OC[C@H](NC(=O)NC(C)(C)C)c1ccccc1. The van der Waals surface area contributed by atoms with Gasteiger partial charge in [0.05, 0.1) is 13.2 Å². The molecule has 25 heavy (non-hydrogen) atoms. The molecule has 7 nitrogen and oxygen atoms in total. The lowest BCUT2D eigenvalue weighted by Crippen LogP contribution is -2.48. The van der Waals surface area contributed by atoms with Crippen molar-refractivity contribution in [3.63, 3.8) is 0 Å². The molecule has 2 amide bonds. The Morgan fingerprint density at radius 3 is 2.24 bits per heavy atom. The summed E-state index contributed by atoms with van der Waals surface area (Å²) in [5.74, 6) is -1.36. The second-order valence-corrected chi connectivity index (χ2v) is 6.30. The standard InChI is InChI=1S/C18H24N2O5/c1-18(2,3)20-17(23)19-14(13-8-6-5-7-9-13)12-25-16(22)11-10-15(21)24-4/h5-11,14H,12H2,1-4H3,(H2,19,20,23)/b11-10+/t14-/m0/s1. The van der Waals surface area contributed by atoms with Crippen molar-refractivity contribution in [2.24, 2.45) is 0 Å². The van der Waals surface area contributed by atoms with Crippen LogP contribution < -0.4 is 10.6 Å². The van der Waals surface area contributed by atoms with Crippen LogP contribution in [-0.4, -0.2) is 37.2 Å². The number of esters is 2. The summed E-state index contributed by atoms with van der Waals surface area (Å²) in [5.41, 5.74) is 0.391. The Labute approximate surface area is 147 Å². The molecule has 136 valence electrons. The number of urea groups is 1. The molecular weight excluding hydrogens is 324 g/mol. The third-order valence-corrected chi connectivity index (χ3v) is 2.94. The summed E-state index contributed by atoms with van der Waals surface area (Å²) in [6.07, 6.45) is 1.95. The van der Waals surface area contributed by atoms with Crippen molar-refractivity contribution >= 4 is 18.0 Å². The van der Waals surface area contributed by atoms with Gasteiger partial charge in [0.1, 0.15) is 6.61 Å². The average molecular weight is 348 g/mol. The van der Waals surface area contributed by atoms with Crippen LogP contribution >= 0.6 is 0 Å². The Kier molecular flexibility index (Phi) is 7.65. The van der Waals surface area contributed by atoms with E-state index < -0.39 is 23.5 Å². The molecule has 0 heterocycles. The Morgan fingerprint density at radius 1 is 1.08 bits per heavy atom. The minimum atomic E-state index is -0.704. The molecule has 0 saturated carbocycles. The van der Waals surface area contributed by atoms with Crippen LogP contribution in [0.15, 0.2) is 42.5 Å². The lowest BCUT2D eigenvalue weighted by Gasteiger charge is -2.24. The van der Waals surface area contributed by atoms with E-state index in [0.717, 1.165) is 17.7 Å². The molecule has 0 saturated heterocycles. The number of carbonyl (C=O) groups is 3. The van der Waals surface area contributed by atoms with E-state index in [1.807, 2.05) is 51.1 Å². The van der Waals surface area contributed by atoms with Crippen molar-refractivity contribution in [1.82, 2.24) is 10.6 Å². The number of amides is 2. The number of carbonyl (C=O) groups excluding carboxylic acids is 3. The van der Waals surface area contributed by atoms with Crippen LogP contribution in [0.3, 0.4) is 0 Å². The summed E-state index contributed by atoms with van der Waals surface area (Å²) in [5, 5.41) is 5.57. The molecule has 7 heteroatoms. The van der Waals surface area contributed by atoms with E-state index in [4.69, 9.17) is 4.74 Å². The van der Waals surface area contributed by atoms with E-state index in [1.54, 1.807) is 0 Å². The monoisotopic (exact) mass is 348 g/mol. The largest absolute Gasteiger partial charge is 0.466 e. The zero-order valence-electron chi connectivity index (χ0n) is 14.9. The van der Waals surface area contributed by atoms with Crippen LogP contribution in [0.2, 0.25) is 0 Å². The second kappa shape index (κ2) is 9.46. The molecule has 0 spiro atoms. The first-order chi connectivity index (χ1) is 11.7. The number of nitrogens with one attached hydrogen (secondary N) is 2. The van der Waals surface area contributed by atoms with Gasteiger partial charge in [0.2, 0.25) is 0 Å². The lowest BCUT2D eigenvalue weighted by atomic mass is 10.1. The maximum absolute atomic E-state index is 12.1. The van der Waals surface area contributed by atoms with Gasteiger partial charge in [-0.1, -0.05) is 30.3 Å². The maximum atomic E-state index is 12.1. The second-order valence-electron chi connectivity index (χ2n) is 6.30. The average Bonchev–Trinajstić information content (AvgIpc) is 2.55. The van der Waals surface area contributed by atoms with Crippen molar-refractivity contribution in [2.75, 3.05) is 13.7 Å². The maximum Gasteiger partial charge on any atom is 0.331 e. The third-order valence-electron chi connectivity index (χ3n) is 2.94. The molecule has 0 unspecified atom stereocenters. The molecule has 0 fully saturated rings.